The van der Waals surface area contributed by atoms with Crippen LogP contribution in [0, 0.1) is 0 Å². The molecule has 0 saturated carbocycles. The maximum Gasteiger partial charge on any atom is 0.163 e. The van der Waals surface area contributed by atoms with Gasteiger partial charge in [-0.3, -0.25) is 0 Å². The molecule has 2 N–H and O–H groups in total. The number of nitrogens with one attached hydrogen (secondary N) is 2. The van der Waals surface area contributed by atoms with Crippen molar-refractivity contribution in [2.45, 2.75) is 25.8 Å². The minimum Gasteiger partial charge on any atom is -0.370 e. The number of benzene rings is 1. The Bertz CT molecular complexity index is 793. The highest BCUT2D eigenvalue weighted by molar-refractivity contribution is 7.91. The van der Waals surface area contributed by atoms with Gasteiger partial charge < -0.3 is 10.6 Å². The normalized spacial score (nSPS) is 19.1. The summed E-state index contributed by atoms with van der Waals surface area (Å²) >= 11 is 0. The molecule has 0 radical (unpaired) electrons. The summed E-state index contributed by atoms with van der Waals surface area (Å²) in [6, 6.07) is 11.5. The van der Waals surface area contributed by atoms with Crippen molar-refractivity contribution in [3.05, 3.63) is 36.4 Å². The van der Waals surface area contributed by atoms with Crippen LogP contribution < -0.4 is 10.6 Å². The molecule has 7 heteroatoms. The molecule has 1 aliphatic heterocycles. The van der Waals surface area contributed by atoms with Crippen LogP contribution in [-0.4, -0.2) is 42.5 Å². The molecule has 6 nitrogen and oxygen atoms in total. The Morgan fingerprint density at radius 2 is 1.92 bits per heavy atom. The van der Waals surface area contributed by atoms with E-state index in [-0.39, 0.29) is 17.5 Å². The van der Waals surface area contributed by atoms with Crippen molar-refractivity contribution < 1.29 is 8.42 Å². The molecule has 2 aromatic rings. The lowest BCUT2D eigenvalue weighted by molar-refractivity contribution is 0.602. The minimum atomic E-state index is -2.92. The molecule has 0 bridgehead atoms. The number of sulfone groups is 1. The third kappa shape index (κ3) is 4.23. The quantitative estimate of drug-likeness (QED) is 0.836. The predicted molar refractivity (Wildman–Crippen MR) is 96.9 cm³/mol. The largest absolute Gasteiger partial charge is 0.370 e. The van der Waals surface area contributed by atoms with Crippen molar-refractivity contribution in [1.29, 1.82) is 0 Å². The Morgan fingerprint density at radius 3 is 2.58 bits per heavy atom. The fourth-order valence-corrected chi connectivity index (χ4v) is 4.37. The molecular formula is C17H22N4O2S. The van der Waals surface area contributed by atoms with E-state index in [1.54, 1.807) is 0 Å². The van der Waals surface area contributed by atoms with Crippen LogP contribution in [0.4, 0.5) is 11.6 Å². The monoisotopic (exact) mass is 346 g/mol. The lowest BCUT2D eigenvalue weighted by atomic mass is 10.2. The third-order valence-corrected chi connectivity index (χ3v) is 5.67. The molecule has 24 heavy (non-hydrogen) atoms. The smallest absolute Gasteiger partial charge is 0.163 e. The first-order chi connectivity index (χ1) is 11.6. The van der Waals surface area contributed by atoms with Gasteiger partial charge in [-0.1, -0.05) is 37.3 Å². The van der Waals surface area contributed by atoms with E-state index in [9.17, 15) is 8.42 Å². The second kappa shape index (κ2) is 7.17. The van der Waals surface area contributed by atoms with E-state index in [0.717, 1.165) is 24.3 Å². The van der Waals surface area contributed by atoms with Gasteiger partial charge in [0.1, 0.15) is 11.6 Å². The van der Waals surface area contributed by atoms with Crippen molar-refractivity contribution in [3.63, 3.8) is 0 Å². The molecule has 1 aromatic heterocycles. The molecule has 1 aliphatic rings. The van der Waals surface area contributed by atoms with Gasteiger partial charge in [0, 0.05) is 24.2 Å². The van der Waals surface area contributed by atoms with Gasteiger partial charge in [-0.05, 0) is 12.8 Å². The second-order valence-electron chi connectivity index (χ2n) is 6.00. The van der Waals surface area contributed by atoms with Crippen LogP contribution in [-0.2, 0) is 9.84 Å². The average molecular weight is 346 g/mol. The molecule has 1 aromatic carbocycles. The minimum absolute atomic E-state index is 0.0902. The van der Waals surface area contributed by atoms with Gasteiger partial charge in [-0.25, -0.2) is 18.4 Å². The zero-order valence-electron chi connectivity index (χ0n) is 13.7. The Labute approximate surface area is 142 Å². The van der Waals surface area contributed by atoms with Crippen LogP contribution in [0.15, 0.2) is 36.4 Å². The van der Waals surface area contributed by atoms with Gasteiger partial charge in [0.2, 0.25) is 0 Å². The first-order valence-corrected chi connectivity index (χ1v) is 10.0. The predicted octanol–water partition coefficient (Wildman–Crippen LogP) is 2.56. The molecule has 1 unspecified atom stereocenters. The Kier molecular flexibility index (Phi) is 4.99. The second-order valence-corrected chi connectivity index (χ2v) is 8.23. The molecule has 128 valence electrons. The third-order valence-electron chi connectivity index (χ3n) is 3.90. The van der Waals surface area contributed by atoms with E-state index in [1.165, 1.54) is 0 Å². The van der Waals surface area contributed by atoms with E-state index in [2.05, 4.69) is 27.5 Å². The Balaban J connectivity index is 1.87. The Morgan fingerprint density at radius 1 is 1.17 bits per heavy atom. The van der Waals surface area contributed by atoms with Crippen molar-refractivity contribution in [3.8, 4) is 11.4 Å². The summed E-state index contributed by atoms with van der Waals surface area (Å²) in [5.74, 6) is 2.43. The Hall–Kier alpha value is -2.15. The maximum absolute atomic E-state index is 11.6. The molecule has 1 atom stereocenters. The van der Waals surface area contributed by atoms with Gasteiger partial charge in [0.15, 0.2) is 15.7 Å². The van der Waals surface area contributed by atoms with E-state index in [0.29, 0.717) is 18.1 Å². The van der Waals surface area contributed by atoms with E-state index in [1.807, 2.05) is 36.4 Å². The number of hydrogen-bond donors (Lipinski definition) is 2. The zero-order valence-corrected chi connectivity index (χ0v) is 14.5. The summed E-state index contributed by atoms with van der Waals surface area (Å²) in [7, 11) is -2.92. The van der Waals surface area contributed by atoms with Gasteiger partial charge in [0.05, 0.1) is 11.5 Å². The summed E-state index contributed by atoms with van der Waals surface area (Å²) in [6.45, 7) is 2.91. The van der Waals surface area contributed by atoms with Gasteiger partial charge in [-0.15, -0.1) is 0 Å². The van der Waals surface area contributed by atoms with Gasteiger partial charge >= 0.3 is 0 Å². The van der Waals surface area contributed by atoms with E-state index >= 15 is 0 Å². The van der Waals surface area contributed by atoms with Crippen LogP contribution in [0.5, 0.6) is 0 Å². The number of aromatic nitrogens is 2. The maximum atomic E-state index is 11.6. The number of nitrogens with zero attached hydrogens (tertiary/aromatic N) is 2. The van der Waals surface area contributed by atoms with Gasteiger partial charge in [0.25, 0.3) is 0 Å². The highest BCUT2D eigenvalue weighted by Crippen LogP contribution is 2.22. The zero-order chi connectivity index (χ0) is 17.0. The van der Waals surface area contributed by atoms with Crippen LogP contribution in [0.3, 0.4) is 0 Å². The number of rotatable bonds is 6. The highest BCUT2D eigenvalue weighted by atomic mass is 32.2. The first kappa shape index (κ1) is 16.7. The van der Waals surface area contributed by atoms with E-state index < -0.39 is 9.84 Å². The van der Waals surface area contributed by atoms with Crippen molar-refractivity contribution in [2.24, 2.45) is 0 Å². The SMILES string of the molecule is CCCNc1cc(NC2CCS(=O)(=O)C2)nc(-c2ccccc2)n1. The topological polar surface area (TPSA) is 84.0 Å². The van der Waals surface area contributed by atoms with Crippen LogP contribution in [0.25, 0.3) is 11.4 Å². The van der Waals surface area contributed by atoms with Crippen molar-refractivity contribution in [1.82, 2.24) is 9.97 Å². The van der Waals surface area contributed by atoms with E-state index in [4.69, 9.17) is 0 Å². The number of anilines is 2. The fraction of sp³-hybridized carbons (Fsp3) is 0.412. The average Bonchev–Trinajstić information content (AvgIpc) is 2.92. The molecule has 0 amide bonds. The van der Waals surface area contributed by atoms with Crippen LogP contribution in [0.2, 0.25) is 0 Å². The molecule has 3 rings (SSSR count). The summed E-state index contributed by atoms with van der Waals surface area (Å²) in [6.07, 6.45) is 1.61. The molecule has 0 spiro atoms. The first-order valence-electron chi connectivity index (χ1n) is 8.21. The summed E-state index contributed by atoms with van der Waals surface area (Å²) < 4.78 is 23.3. The van der Waals surface area contributed by atoms with Crippen molar-refractivity contribution in [2.75, 3.05) is 28.7 Å². The lowest BCUT2D eigenvalue weighted by Gasteiger charge is -2.14. The molecule has 1 fully saturated rings. The summed E-state index contributed by atoms with van der Waals surface area (Å²) in [4.78, 5) is 9.13. The number of hydrogen-bond acceptors (Lipinski definition) is 6. The molecule has 1 saturated heterocycles. The standard InChI is InChI=1S/C17H22N4O2S/c1-2-9-18-15-11-16(19-14-8-10-24(22,23)12-14)21-17(20-15)13-6-4-3-5-7-13/h3-7,11,14H,2,8-10,12H2,1H3,(H2,18,19,20,21). The lowest BCUT2D eigenvalue weighted by Crippen LogP contribution is -2.21. The van der Waals surface area contributed by atoms with Crippen molar-refractivity contribution >= 4 is 21.5 Å². The van der Waals surface area contributed by atoms with Crippen LogP contribution >= 0.6 is 0 Å². The van der Waals surface area contributed by atoms with Crippen LogP contribution in [0.1, 0.15) is 19.8 Å². The van der Waals surface area contributed by atoms with Gasteiger partial charge in [-0.2, -0.15) is 0 Å². The molecule has 0 aliphatic carbocycles. The summed E-state index contributed by atoms with van der Waals surface area (Å²) in [5.41, 5.74) is 0.930. The summed E-state index contributed by atoms with van der Waals surface area (Å²) in [5, 5.41) is 6.53. The highest BCUT2D eigenvalue weighted by Gasteiger charge is 2.28. The fourth-order valence-electron chi connectivity index (χ4n) is 2.70. The molecular weight excluding hydrogens is 324 g/mol. The molecule has 2 heterocycles.